The van der Waals surface area contributed by atoms with Crippen molar-refractivity contribution in [2.75, 3.05) is 6.54 Å². The summed E-state index contributed by atoms with van der Waals surface area (Å²) in [5.74, 6) is -0.342. The van der Waals surface area contributed by atoms with E-state index in [9.17, 15) is 9.90 Å². The first kappa shape index (κ1) is 15.8. The first-order valence-electron chi connectivity index (χ1n) is 6.29. The predicted molar refractivity (Wildman–Crippen MR) is 81.7 cm³/mol. The maximum absolute atomic E-state index is 11.9. The van der Waals surface area contributed by atoms with Gasteiger partial charge in [-0.15, -0.1) is 0 Å². The first-order chi connectivity index (χ1) is 9.86. The Kier molecular flexibility index (Phi) is 4.88. The second-order valence-electron chi connectivity index (χ2n) is 4.72. The third-order valence-corrected chi connectivity index (χ3v) is 3.51. The van der Waals surface area contributed by atoms with E-state index in [2.05, 4.69) is 10.4 Å². The first-order valence-corrected chi connectivity index (χ1v) is 7.05. The van der Waals surface area contributed by atoms with Gasteiger partial charge in [-0.2, -0.15) is 5.10 Å². The van der Waals surface area contributed by atoms with Crippen LogP contribution in [0.15, 0.2) is 24.3 Å². The lowest BCUT2D eigenvalue weighted by molar-refractivity contribution is 0.0910. The van der Waals surface area contributed by atoms with Crippen LogP contribution in [0.4, 0.5) is 0 Å². The fourth-order valence-corrected chi connectivity index (χ4v) is 2.38. The molecule has 21 heavy (non-hydrogen) atoms. The standard InChI is InChI=1S/C14H15Cl2N3O2/c1-8-3-12(18-19(8)2)14(21)17-7-13(20)9-4-10(15)6-11(16)5-9/h3-6,13,20H,7H2,1-2H3,(H,17,21). The normalized spacial score (nSPS) is 12.2. The summed E-state index contributed by atoms with van der Waals surface area (Å²) in [5, 5.41) is 17.6. The Morgan fingerprint density at radius 1 is 1.33 bits per heavy atom. The van der Waals surface area contributed by atoms with Gasteiger partial charge in [0.05, 0.1) is 6.10 Å². The minimum absolute atomic E-state index is 0.0468. The van der Waals surface area contributed by atoms with Crippen LogP contribution in [0.3, 0.4) is 0 Å². The average Bonchev–Trinajstić information content (AvgIpc) is 2.74. The van der Waals surface area contributed by atoms with Gasteiger partial charge in [-0.1, -0.05) is 23.2 Å². The molecule has 7 heteroatoms. The Balaban J connectivity index is 2.00. The van der Waals surface area contributed by atoms with E-state index in [1.165, 1.54) is 0 Å². The zero-order valence-electron chi connectivity index (χ0n) is 11.6. The van der Waals surface area contributed by atoms with Gasteiger partial charge in [0.1, 0.15) is 5.69 Å². The van der Waals surface area contributed by atoms with Crippen LogP contribution in [-0.2, 0) is 7.05 Å². The van der Waals surface area contributed by atoms with Crippen molar-refractivity contribution < 1.29 is 9.90 Å². The van der Waals surface area contributed by atoms with Gasteiger partial charge in [-0.3, -0.25) is 9.48 Å². The van der Waals surface area contributed by atoms with E-state index in [0.717, 1.165) is 5.69 Å². The molecule has 0 aliphatic carbocycles. The summed E-state index contributed by atoms with van der Waals surface area (Å²) in [6, 6.07) is 6.47. The van der Waals surface area contributed by atoms with Gasteiger partial charge >= 0.3 is 0 Å². The SMILES string of the molecule is Cc1cc(C(=O)NCC(O)c2cc(Cl)cc(Cl)c2)nn1C. The van der Waals surface area contributed by atoms with Crippen LogP contribution in [0.1, 0.15) is 27.8 Å². The van der Waals surface area contributed by atoms with Crippen molar-refractivity contribution in [2.45, 2.75) is 13.0 Å². The Labute approximate surface area is 132 Å². The van der Waals surface area contributed by atoms with Crippen LogP contribution in [0.25, 0.3) is 0 Å². The van der Waals surface area contributed by atoms with E-state index in [4.69, 9.17) is 23.2 Å². The number of halogens is 2. The number of aliphatic hydroxyl groups is 1. The minimum atomic E-state index is -0.894. The van der Waals surface area contributed by atoms with Crippen LogP contribution in [0.5, 0.6) is 0 Å². The van der Waals surface area contributed by atoms with Crippen LogP contribution in [0.2, 0.25) is 10.0 Å². The zero-order valence-corrected chi connectivity index (χ0v) is 13.1. The van der Waals surface area contributed by atoms with Crippen LogP contribution < -0.4 is 5.32 Å². The van der Waals surface area contributed by atoms with E-state index in [-0.39, 0.29) is 12.5 Å². The number of carbonyl (C=O) groups is 1. The molecular weight excluding hydrogens is 313 g/mol. The molecule has 0 bridgehead atoms. The molecule has 1 aromatic carbocycles. The zero-order chi connectivity index (χ0) is 15.6. The monoisotopic (exact) mass is 327 g/mol. The van der Waals surface area contributed by atoms with Gasteiger partial charge in [-0.25, -0.2) is 0 Å². The van der Waals surface area contributed by atoms with E-state index in [0.29, 0.717) is 21.3 Å². The molecule has 5 nitrogen and oxygen atoms in total. The topological polar surface area (TPSA) is 67.2 Å². The molecule has 1 aromatic heterocycles. The molecule has 0 saturated heterocycles. The van der Waals surface area contributed by atoms with E-state index < -0.39 is 6.10 Å². The highest BCUT2D eigenvalue weighted by Gasteiger charge is 2.14. The van der Waals surface area contributed by atoms with Crippen molar-refractivity contribution >= 4 is 29.1 Å². The van der Waals surface area contributed by atoms with Crippen molar-refractivity contribution in [1.29, 1.82) is 0 Å². The molecule has 0 radical (unpaired) electrons. The van der Waals surface area contributed by atoms with Crippen molar-refractivity contribution in [1.82, 2.24) is 15.1 Å². The van der Waals surface area contributed by atoms with Crippen LogP contribution in [-0.4, -0.2) is 27.3 Å². The molecule has 0 aliphatic rings. The van der Waals surface area contributed by atoms with Crippen molar-refractivity contribution in [3.8, 4) is 0 Å². The maximum atomic E-state index is 11.9. The number of nitrogens with one attached hydrogen (secondary N) is 1. The fourth-order valence-electron chi connectivity index (χ4n) is 1.84. The van der Waals surface area contributed by atoms with Gasteiger partial charge in [0.15, 0.2) is 0 Å². The number of amides is 1. The van der Waals surface area contributed by atoms with Crippen molar-refractivity contribution in [3.05, 3.63) is 51.3 Å². The molecule has 2 aromatic rings. The van der Waals surface area contributed by atoms with Gasteiger partial charge in [0, 0.05) is 29.3 Å². The molecule has 2 N–H and O–H groups in total. The minimum Gasteiger partial charge on any atom is -0.387 e. The third kappa shape index (κ3) is 3.97. The Morgan fingerprint density at radius 3 is 2.48 bits per heavy atom. The number of aromatic nitrogens is 2. The highest BCUT2D eigenvalue weighted by Crippen LogP contribution is 2.23. The lowest BCUT2D eigenvalue weighted by Crippen LogP contribution is -2.28. The van der Waals surface area contributed by atoms with Gasteiger partial charge in [0.2, 0.25) is 0 Å². The Morgan fingerprint density at radius 2 is 1.95 bits per heavy atom. The quantitative estimate of drug-likeness (QED) is 0.906. The summed E-state index contributed by atoms with van der Waals surface area (Å²) in [6.07, 6.45) is -0.894. The molecule has 0 saturated carbocycles. The van der Waals surface area contributed by atoms with E-state index >= 15 is 0 Å². The van der Waals surface area contributed by atoms with E-state index in [1.807, 2.05) is 6.92 Å². The molecule has 0 fully saturated rings. The number of hydrogen-bond acceptors (Lipinski definition) is 3. The molecule has 112 valence electrons. The number of aryl methyl sites for hydroxylation is 2. The summed E-state index contributed by atoms with van der Waals surface area (Å²) in [7, 11) is 1.76. The molecule has 1 heterocycles. The largest absolute Gasteiger partial charge is 0.387 e. The van der Waals surface area contributed by atoms with Gasteiger partial charge in [0.25, 0.3) is 5.91 Å². The lowest BCUT2D eigenvalue weighted by atomic mass is 10.1. The second-order valence-corrected chi connectivity index (χ2v) is 5.60. The molecular formula is C14H15Cl2N3O2. The van der Waals surface area contributed by atoms with Crippen LogP contribution >= 0.6 is 23.2 Å². The third-order valence-electron chi connectivity index (χ3n) is 3.07. The highest BCUT2D eigenvalue weighted by atomic mass is 35.5. The molecule has 1 amide bonds. The maximum Gasteiger partial charge on any atom is 0.271 e. The van der Waals surface area contributed by atoms with Crippen molar-refractivity contribution in [2.24, 2.45) is 7.05 Å². The molecule has 2 rings (SSSR count). The van der Waals surface area contributed by atoms with Crippen LogP contribution in [0, 0.1) is 6.92 Å². The van der Waals surface area contributed by atoms with Crippen molar-refractivity contribution in [3.63, 3.8) is 0 Å². The summed E-state index contributed by atoms with van der Waals surface area (Å²) in [5.41, 5.74) is 1.73. The number of carbonyl (C=O) groups excluding carboxylic acids is 1. The summed E-state index contributed by atoms with van der Waals surface area (Å²) in [6.45, 7) is 1.90. The smallest absolute Gasteiger partial charge is 0.271 e. The Hall–Kier alpha value is -1.56. The summed E-state index contributed by atoms with van der Waals surface area (Å²) < 4.78 is 1.61. The van der Waals surface area contributed by atoms with E-state index in [1.54, 1.807) is 36.0 Å². The Bertz CT molecular complexity index is 630. The number of hydrogen-bond donors (Lipinski definition) is 2. The predicted octanol–water partition coefficient (Wildman–Crippen LogP) is 2.50. The molecule has 1 atom stereocenters. The fraction of sp³-hybridized carbons (Fsp3) is 0.286. The average molecular weight is 328 g/mol. The lowest BCUT2D eigenvalue weighted by Gasteiger charge is -2.12. The number of benzene rings is 1. The number of aliphatic hydroxyl groups excluding tert-OH is 1. The molecule has 0 spiro atoms. The highest BCUT2D eigenvalue weighted by molar-refractivity contribution is 6.34. The number of rotatable bonds is 4. The van der Waals surface area contributed by atoms with Gasteiger partial charge < -0.3 is 10.4 Å². The summed E-state index contributed by atoms with van der Waals surface area (Å²) in [4.78, 5) is 11.9. The van der Waals surface area contributed by atoms with Gasteiger partial charge in [-0.05, 0) is 36.8 Å². The molecule has 1 unspecified atom stereocenters. The second kappa shape index (κ2) is 6.47. The number of nitrogens with zero attached hydrogens (tertiary/aromatic N) is 2. The molecule has 0 aliphatic heterocycles. The summed E-state index contributed by atoms with van der Waals surface area (Å²) >= 11 is 11.8.